The van der Waals surface area contributed by atoms with Crippen LogP contribution in [0.15, 0.2) is 48.6 Å². The quantitative estimate of drug-likeness (QED) is 0.0320. The van der Waals surface area contributed by atoms with Gasteiger partial charge < -0.3 is 20.3 Å². The molecule has 0 aromatic rings. The second kappa shape index (κ2) is 63.4. The normalized spacial score (nSPS) is 12.9. The van der Waals surface area contributed by atoms with Crippen molar-refractivity contribution in [2.75, 3.05) is 13.2 Å². The Morgan fingerprint density at radius 3 is 1.07 bits per heavy atom. The Labute approximate surface area is 461 Å². The summed E-state index contributed by atoms with van der Waals surface area (Å²) in [5, 5.41) is 23.0. The lowest BCUT2D eigenvalue weighted by molar-refractivity contribution is -0.143. The van der Waals surface area contributed by atoms with E-state index in [1.54, 1.807) is 6.08 Å². The van der Waals surface area contributed by atoms with Crippen molar-refractivity contribution in [2.45, 2.75) is 360 Å². The molecule has 434 valence electrons. The minimum atomic E-state index is -0.841. The first-order chi connectivity index (χ1) is 36.5. The first kappa shape index (κ1) is 71.8. The zero-order valence-electron chi connectivity index (χ0n) is 49.6. The van der Waals surface area contributed by atoms with Gasteiger partial charge in [0.2, 0.25) is 5.91 Å². The number of amides is 1. The molecule has 0 aromatic carbocycles. The van der Waals surface area contributed by atoms with Gasteiger partial charge in [-0.1, -0.05) is 294 Å². The Morgan fingerprint density at radius 2 is 0.676 bits per heavy atom. The molecule has 1 amide bonds. The molecule has 0 saturated heterocycles. The smallest absolute Gasteiger partial charge is 0.305 e. The molecule has 0 aliphatic heterocycles. The summed E-state index contributed by atoms with van der Waals surface area (Å²) in [4.78, 5) is 24.5. The van der Waals surface area contributed by atoms with E-state index in [4.69, 9.17) is 4.74 Å². The second-order valence-electron chi connectivity index (χ2n) is 22.4. The van der Waals surface area contributed by atoms with Crippen molar-refractivity contribution in [3.8, 4) is 0 Å². The molecule has 0 aliphatic rings. The summed E-state index contributed by atoms with van der Waals surface area (Å²) in [5.74, 6) is -0.0589. The molecule has 0 radical (unpaired) electrons. The topological polar surface area (TPSA) is 95.9 Å². The predicted molar refractivity (Wildman–Crippen MR) is 324 cm³/mol. The highest BCUT2D eigenvalue weighted by molar-refractivity contribution is 5.76. The zero-order chi connectivity index (χ0) is 53.6. The van der Waals surface area contributed by atoms with Crippen molar-refractivity contribution in [3.63, 3.8) is 0 Å². The molecule has 0 bridgehead atoms. The number of hydrogen-bond acceptors (Lipinski definition) is 5. The van der Waals surface area contributed by atoms with Crippen LogP contribution in [-0.2, 0) is 14.3 Å². The fraction of sp³-hybridized carbons (Fsp3) is 0.853. The van der Waals surface area contributed by atoms with Crippen LogP contribution in [0.1, 0.15) is 348 Å². The zero-order valence-corrected chi connectivity index (χ0v) is 49.6. The lowest BCUT2D eigenvalue weighted by atomic mass is 10.0. The van der Waals surface area contributed by atoms with Crippen molar-refractivity contribution >= 4 is 11.9 Å². The Bertz CT molecular complexity index is 1240. The van der Waals surface area contributed by atoms with E-state index in [1.165, 1.54) is 270 Å². The minimum absolute atomic E-state index is 0.00933. The summed E-state index contributed by atoms with van der Waals surface area (Å²) < 4.78 is 5.49. The van der Waals surface area contributed by atoms with Crippen LogP contribution in [0, 0.1) is 0 Å². The molecule has 74 heavy (non-hydrogen) atoms. The highest BCUT2D eigenvalue weighted by Crippen LogP contribution is 2.17. The van der Waals surface area contributed by atoms with Crippen molar-refractivity contribution in [3.05, 3.63) is 48.6 Å². The molecule has 0 aromatic heterocycles. The van der Waals surface area contributed by atoms with Gasteiger partial charge in [0.05, 0.1) is 25.4 Å². The molecule has 2 atom stereocenters. The van der Waals surface area contributed by atoms with E-state index in [-0.39, 0.29) is 18.5 Å². The average Bonchev–Trinajstić information content (AvgIpc) is 3.40. The summed E-state index contributed by atoms with van der Waals surface area (Å²) in [6.07, 6.45) is 81.9. The maximum atomic E-state index is 12.4. The van der Waals surface area contributed by atoms with Crippen molar-refractivity contribution in [2.24, 2.45) is 0 Å². The molecule has 0 saturated carbocycles. The predicted octanol–water partition coefficient (Wildman–Crippen LogP) is 20.9. The van der Waals surface area contributed by atoms with Gasteiger partial charge in [0.25, 0.3) is 0 Å². The van der Waals surface area contributed by atoms with Gasteiger partial charge in [-0.25, -0.2) is 0 Å². The summed E-state index contributed by atoms with van der Waals surface area (Å²) in [7, 11) is 0. The molecular formula is C68H127NO5. The Hall–Kier alpha value is -2.18. The molecule has 6 heteroatoms. The summed E-state index contributed by atoms with van der Waals surface area (Å²) in [6.45, 7) is 4.86. The summed E-state index contributed by atoms with van der Waals surface area (Å²) >= 11 is 0. The minimum Gasteiger partial charge on any atom is -0.466 e. The van der Waals surface area contributed by atoms with Crippen LogP contribution < -0.4 is 5.32 Å². The van der Waals surface area contributed by atoms with Crippen LogP contribution in [-0.4, -0.2) is 47.4 Å². The number of hydrogen-bond donors (Lipinski definition) is 3. The van der Waals surface area contributed by atoms with Crippen LogP contribution in [0.3, 0.4) is 0 Å². The van der Waals surface area contributed by atoms with Crippen molar-refractivity contribution in [1.82, 2.24) is 5.32 Å². The molecule has 0 spiro atoms. The Morgan fingerprint density at radius 1 is 0.378 bits per heavy atom. The van der Waals surface area contributed by atoms with Crippen molar-refractivity contribution < 1.29 is 24.5 Å². The molecule has 3 N–H and O–H groups in total. The maximum absolute atomic E-state index is 12.4. The lowest BCUT2D eigenvalue weighted by Gasteiger charge is -2.20. The van der Waals surface area contributed by atoms with E-state index in [0.717, 1.165) is 51.4 Å². The molecule has 0 aliphatic carbocycles. The van der Waals surface area contributed by atoms with Gasteiger partial charge >= 0.3 is 5.97 Å². The Kier molecular flexibility index (Phi) is 61.5. The van der Waals surface area contributed by atoms with Gasteiger partial charge in [-0.2, -0.15) is 0 Å². The highest BCUT2D eigenvalue weighted by Gasteiger charge is 2.18. The van der Waals surface area contributed by atoms with Crippen LogP contribution in [0.5, 0.6) is 0 Å². The third-order valence-electron chi connectivity index (χ3n) is 15.1. The van der Waals surface area contributed by atoms with Gasteiger partial charge in [-0.05, 0) is 89.9 Å². The molecule has 0 rings (SSSR count). The van der Waals surface area contributed by atoms with Gasteiger partial charge in [0.1, 0.15) is 0 Å². The largest absolute Gasteiger partial charge is 0.466 e. The van der Waals surface area contributed by atoms with E-state index in [1.807, 2.05) is 6.08 Å². The van der Waals surface area contributed by atoms with Crippen LogP contribution in [0.25, 0.3) is 0 Å². The fourth-order valence-electron chi connectivity index (χ4n) is 10.0. The van der Waals surface area contributed by atoms with Crippen LogP contribution in [0.2, 0.25) is 0 Å². The number of carbonyl (C=O) groups is 2. The van der Waals surface area contributed by atoms with E-state index < -0.39 is 12.1 Å². The van der Waals surface area contributed by atoms with Gasteiger partial charge in [0, 0.05) is 12.8 Å². The van der Waals surface area contributed by atoms with Crippen LogP contribution >= 0.6 is 0 Å². The second-order valence-corrected chi connectivity index (χ2v) is 22.4. The number of aliphatic hydroxyl groups excluding tert-OH is 2. The molecular weight excluding hydrogens is 911 g/mol. The number of aliphatic hydroxyl groups is 2. The third kappa shape index (κ3) is 59.1. The molecule has 0 heterocycles. The summed E-state index contributed by atoms with van der Waals surface area (Å²) in [5.41, 5.74) is 0. The van der Waals surface area contributed by atoms with E-state index in [9.17, 15) is 19.8 Å². The van der Waals surface area contributed by atoms with E-state index >= 15 is 0 Å². The number of nitrogens with one attached hydrogen (secondary N) is 1. The number of unbranched alkanes of at least 4 members (excludes halogenated alkanes) is 44. The first-order valence-electron chi connectivity index (χ1n) is 32.9. The number of allylic oxidation sites excluding steroid dienone is 7. The fourth-order valence-corrected chi connectivity index (χ4v) is 10.0. The van der Waals surface area contributed by atoms with Crippen LogP contribution in [0.4, 0.5) is 0 Å². The Balaban J connectivity index is 3.34. The van der Waals surface area contributed by atoms with Crippen molar-refractivity contribution in [1.29, 1.82) is 0 Å². The monoisotopic (exact) mass is 1040 g/mol. The summed E-state index contributed by atoms with van der Waals surface area (Å²) in [6, 6.07) is -0.624. The lowest BCUT2D eigenvalue weighted by Crippen LogP contribution is -2.45. The molecule has 6 nitrogen and oxygen atoms in total. The van der Waals surface area contributed by atoms with E-state index in [2.05, 4.69) is 55.6 Å². The molecule has 0 fully saturated rings. The van der Waals surface area contributed by atoms with Gasteiger partial charge in [-0.15, -0.1) is 0 Å². The third-order valence-corrected chi connectivity index (χ3v) is 15.1. The first-order valence-corrected chi connectivity index (χ1v) is 32.9. The number of ether oxygens (including phenoxy) is 1. The number of esters is 1. The SMILES string of the molecule is CCCCC/C=C\C/C=C\CCCCCCCCCC(=O)OCCCCCCCCCCCCCC/C=C\CCCCCCCCCCCCCCCCCC(=O)NC(CO)C(O)/C=C/CCCCCCCCC. The maximum Gasteiger partial charge on any atom is 0.305 e. The van der Waals surface area contributed by atoms with Gasteiger partial charge in [0.15, 0.2) is 0 Å². The van der Waals surface area contributed by atoms with E-state index in [0.29, 0.717) is 19.4 Å². The number of carbonyl (C=O) groups excluding carboxylic acids is 2. The average molecular weight is 1040 g/mol. The number of rotatable bonds is 61. The molecule has 2 unspecified atom stereocenters. The standard InChI is InChI=1S/C68H127NO5/c1-3-5-7-9-11-13-14-15-16-32-36-39-42-46-50-54-58-62-68(73)74-63-59-55-51-47-43-40-37-34-31-29-27-25-23-21-19-17-18-20-22-24-26-28-30-33-35-38-41-45-49-53-57-61-67(72)69-65(64-70)66(71)60-56-52-48-44-12-10-8-6-4-2/h11,13,15-16,19,21,56,60,65-66,70-71H,3-10,12,14,17-18,20,22-55,57-59,61-64H2,1-2H3,(H,69,72)/b13-11-,16-15-,21-19-,60-56+. The highest BCUT2D eigenvalue weighted by atomic mass is 16.5. The van der Waals surface area contributed by atoms with Gasteiger partial charge in [-0.3, -0.25) is 9.59 Å².